The third-order valence-electron chi connectivity index (χ3n) is 8.46. The summed E-state index contributed by atoms with van der Waals surface area (Å²) in [7, 11) is -2.64. The molecule has 0 heterocycles. The first-order valence-corrected chi connectivity index (χ1v) is 18.1. The number of methoxy groups -OCH3 is 1. The van der Waals surface area contributed by atoms with E-state index < -0.39 is 28.5 Å². The number of ether oxygens (including phenoxy) is 1. The molecule has 10 heteroatoms. The highest BCUT2D eigenvalue weighted by Crippen LogP contribution is 2.27. The molecule has 0 bridgehead atoms. The Kier molecular flexibility index (Phi) is 11.7. The molecule has 1 fully saturated rings. The maximum Gasteiger partial charge on any atom is 0.264 e. The largest absolute Gasteiger partial charge is 0.497 e. The standard InChI is InChI=1S/C37H40BrN3O5S/c1-46-33-23-21-32(22-24-33)41(47(44,45)34-15-9-4-10-16-34)27-36(42)40(26-29-17-19-30(38)20-18-29)35(25-28-11-5-2-6-12-28)37(43)39-31-13-7-3-8-14-31/h2,4-6,9-12,15-24,31,35H,3,7-8,13-14,25-27H2,1H3,(H,39,43)/t35-/m0/s1. The number of hydrogen-bond donors (Lipinski definition) is 1. The Balaban J connectivity index is 1.55. The Morgan fingerprint density at radius 2 is 1.45 bits per heavy atom. The van der Waals surface area contributed by atoms with Gasteiger partial charge in [-0.2, -0.15) is 0 Å². The van der Waals surface area contributed by atoms with Crippen LogP contribution in [0.25, 0.3) is 0 Å². The molecule has 2 amide bonds. The van der Waals surface area contributed by atoms with Gasteiger partial charge in [0, 0.05) is 23.5 Å². The quantitative estimate of drug-likeness (QED) is 0.165. The summed E-state index contributed by atoms with van der Waals surface area (Å²) < 4.78 is 35.6. The van der Waals surface area contributed by atoms with Gasteiger partial charge in [0.05, 0.1) is 17.7 Å². The van der Waals surface area contributed by atoms with Crippen LogP contribution in [0.2, 0.25) is 0 Å². The molecule has 8 nitrogen and oxygen atoms in total. The molecule has 0 spiro atoms. The summed E-state index contributed by atoms with van der Waals surface area (Å²) in [6, 6.07) is 30.9. The Labute approximate surface area is 285 Å². The van der Waals surface area contributed by atoms with Crippen LogP contribution in [0.1, 0.15) is 43.2 Å². The van der Waals surface area contributed by atoms with E-state index in [0.717, 1.165) is 52.0 Å². The molecule has 246 valence electrons. The smallest absolute Gasteiger partial charge is 0.264 e. The van der Waals surface area contributed by atoms with E-state index in [2.05, 4.69) is 21.2 Å². The summed E-state index contributed by atoms with van der Waals surface area (Å²) in [5.41, 5.74) is 2.01. The van der Waals surface area contributed by atoms with Gasteiger partial charge < -0.3 is 15.0 Å². The van der Waals surface area contributed by atoms with Crippen LogP contribution in [0.15, 0.2) is 119 Å². The fraction of sp³-hybridized carbons (Fsp3) is 0.297. The summed E-state index contributed by atoms with van der Waals surface area (Å²) in [6.07, 6.45) is 5.30. The second kappa shape index (κ2) is 16.1. The van der Waals surface area contributed by atoms with E-state index in [9.17, 15) is 18.0 Å². The summed E-state index contributed by atoms with van der Waals surface area (Å²) in [5, 5.41) is 3.24. The van der Waals surface area contributed by atoms with Crippen LogP contribution in [-0.2, 0) is 32.6 Å². The molecule has 1 N–H and O–H groups in total. The monoisotopic (exact) mass is 717 g/mol. The lowest BCUT2D eigenvalue weighted by Gasteiger charge is -2.35. The summed E-state index contributed by atoms with van der Waals surface area (Å²) in [5.74, 6) is -0.188. The van der Waals surface area contributed by atoms with Crippen molar-refractivity contribution in [2.45, 2.75) is 62.0 Å². The zero-order chi connectivity index (χ0) is 33.2. The van der Waals surface area contributed by atoms with E-state index in [-0.39, 0.29) is 29.8 Å². The van der Waals surface area contributed by atoms with Crippen LogP contribution >= 0.6 is 15.9 Å². The van der Waals surface area contributed by atoms with Crippen LogP contribution in [0.4, 0.5) is 5.69 Å². The van der Waals surface area contributed by atoms with Gasteiger partial charge in [0.25, 0.3) is 10.0 Å². The second-order valence-corrected chi connectivity index (χ2v) is 14.5. The fourth-order valence-electron chi connectivity index (χ4n) is 5.88. The molecule has 0 aromatic heterocycles. The minimum atomic E-state index is -4.17. The summed E-state index contributed by atoms with van der Waals surface area (Å²) in [4.78, 5) is 30.4. The molecule has 0 radical (unpaired) electrons. The normalized spacial score (nSPS) is 14.2. The molecule has 0 unspecified atom stereocenters. The molecule has 4 aromatic rings. The molecular formula is C37H40BrN3O5S. The number of carbonyl (C=O) groups is 2. The van der Waals surface area contributed by atoms with Crippen molar-refractivity contribution in [3.05, 3.63) is 125 Å². The molecule has 1 aliphatic carbocycles. The zero-order valence-electron chi connectivity index (χ0n) is 26.4. The van der Waals surface area contributed by atoms with Gasteiger partial charge in [0.1, 0.15) is 18.3 Å². The first kappa shape index (κ1) is 34.2. The predicted octanol–water partition coefficient (Wildman–Crippen LogP) is 6.74. The number of anilines is 1. The first-order valence-electron chi connectivity index (χ1n) is 15.8. The molecule has 5 rings (SSSR count). The van der Waals surface area contributed by atoms with E-state index in [1.54, 1.807) is 42.5 Å². The highest BCUT2D eigenvalue weighted by molar-refractivity contribution is 9.10. The van der Waals surface area contributed by atoms with E-state index in [1.807, 2.05) is 54.6 Å². The predicted molar refractivity (Wildman–Crippen MR) is 188 cm³/mol. The topological polar surface area (TPSA) is 96.0 Å². The Hall–Kier alpha value is -4.15. The SMILES string of the molecule is COc1ccc(N(CC(=O)N(Cc2ccc(Br)cc2)[C@@H](Cc2ccccc2)C(=O)NC2CCCCC2)S(=O)(=O)c2ccccc2)cc1. The number of nitrogens with zero attached hydrogens (tertiary/aromatic N) is 2. The Morgan fingerprint density at radius 3 is 2.06 bits per heavy atom. The summed E-state index contributed by atoms with van der Waals surface area (Å²) >= 11 is 3.48. The first-order chi connectivity index (χ1) is 22.7. The van der Waals surface area contributed by atoms with Gasteiger partial charge in [0.15, 0.2) is 0 Å². The van der Waals surface area contributed by atoms with Gasteiger partial charge >= 0.3 is 0 Å². The highest BCUT2D eigenvalue weighted by atomic mass is 79.9. The van der Waals surface area contributed by atoms with Crippen molar-refractivity contribution in [2.75, 3.05) is 18.0 Å². The van der Waals surface area contributed by atoms with Gasteiger partial charge in [-0.25, -0.2) is 8.42 Å². The highest BCUT2D eigenvalue weighted by Gasteiger charge is 2.35. The molecule has 0 saturated heterocycles. The molecule has 1 saturated carbocycles. The number of sulfonamides is 1. The molecule has 0 aliphatic heterocycles. The lowest BCUT2D eigenvalue weighted by molar-refractivity contribution is -0.140. The number of rotatable bonds is 13. The molecule has 1 aliphatic rings. The van der Waals surface area contributed by atoms with Crippen molar-refractivity contribution in [2.24, 2.45) is 0 Å². The van der Waals surface area contributed by atoms with Crippen molar-refractivity contribution < 1.29 is 22.7 Å². The van der Waals surface area contributed by atoms with E-state index >= 15 is 0 Å². The zero-order valence-corrected chi connectivity index (χ0v) is 28.8. The van der Waals surface area contributed by atoms with Gasteiger partial charge in [-0.1, -0.05) is 95.9 Å². The van der Waals surface area contributed by atoms with Crippen molar-refractivity contribution >= 4 is 43.5 Å². The Morgan fingerprint density at radius 1 is 0.830 bits per heavy atom. The Bertz CT molecular complexity index is 1710. The van der Waals surface area contributed by atoms with Crippen molar-refractivity contribution in [3.63, 3.8) is 0 Å². The minimum absolute atomic E-state index is 0.0356. The lowest BCUT2D eigenvalue weighted by Crippen LogP contribution is -2.55. The lowest BCUT2D eigenvalue weighted by atomic mass is 9.94. The maximum absolute atomic E-state index is 14.6. The third kappa shape index (κ3) is 9.02. The van der Waals surface area contributed by atoms with E-state index in [0.29, 0.717) is 11.4 Å². The second-order valence-electron chi connectivity index (χ2n) is 11.7. The third-order valence-corrected chi connectivity index (χ3v) is 10.8. The molecule has 4 aromatic carbocycles. The molecular weight excluding hydrogens is 678 g/mol. The summed E-state index contributed by atoms with van der Waals surface area (Å²) in [6.45, 7) is -0.397. The molecule has 47 heavy (non-hydrogen) atoms. The fourth-order valence-corrected chi connectivity index (χ4v) is 7.58. The van der Waals surface area contributed by atoms with Gasteiger partial charge in [-0.15, -0.1) is 0 Å². The number of nitrogens with one attached hydrogen (secondary N) is 1. The van der Waals surface area contributed by atoms with E-state index in [4.69, 9.17) is 4.74 Å². The van der Waals surface area contributed by atoms with Crippen molar-refractivity contribution in [1.29, 1.82) is 0 Å². The van der Waals surface area contributed by atoms with Crippen LogP contribution < -0.4 is 14.4 Å². The maximum atomic E-state index is 14.6. The number of halogens is 1. The minimum Gasteiger partial charge on any atom is -0.497 e. The van der Waals surface area contributed by atoms with Gasteiger partial charge in [0.2, 0.25) is 11.8 Å². The van der Waals surface area contributed by atoms with Crippen LogP contribution in [0.3, 0.4) is 0 Å². The van der Waals surface area contributed by atoms with Crippen LogP contribution in [-0.4, -0.2) is 50.9 Å². The average molecular weight is 719 g/mol. The molecule has 1 atom stereocenters. The van der Waals surface area contributed by atoms with E-state index in [1.165, 1.54) is 24.1 Å². The number of amides is 2. The van der Waals surface area contributed by atoms with Gasteiger partial charge in [-0.05, 0) is 72.5 Å². The van der Waals surface area contributed by atoms with Crippen LogP contribution in [0, 0.1) is 0 Å². The number of benzene rings is 4. The average Bonchev–Trinajstić information content (AvgIpc) is 3.10. The van der Waals surface area contributed by atoms with Crippen molar-refractivity contribution in [3.8, 4) is 5.75 Å². The van der Waals surface area contributed by atoms with Crippen molar-refractivity contribution in [1.82, 2.24) is 10.2 Å². The number of carbonyl (C=O) groups excluding carboxylic acids is 2. The van der Waals surface area contributed by atoms with Gasteiger partial charge in [-0.3, -0.25) is 13.9 Å². The van der Waals surface area contributed by atoms with Crippen LogP contribution in [0.5, 0.6) is 5.75 Å². The number of hydrogen-bond acceptors (Lipinski definition) is 5.